The summed E-state index contributed by atoms with van der Waals surface area (Å²) in [4.78, 5) is 8.90. The topological polar surface area (TPSA) is 73.1 Å². The van der Waals surface area contributed by atoms with Crippen LogP contribution in [0.1, 0.15) is 6.42 Å². The van der Waals surface area contributed by atoms with Crippen LogP contribution in [-0.4, -0.2) is 29.8 Å². The van der Waals surface area contributed by atoms with Gasteiger partial charge in [-0.1, -0.05) is 0 Å². The molecule has 0 aromatic rings. The van der Waals surface area contributed by atoms with E-state index in [0.29, 0.717) is 0 Å². The molecule has 0 aliphatic carbocycles. The predicted molar refractivity (Wildman–Crippen MR) is 35.7 cm³/mol. The van der Waals surface area contributed by atoms with Crippen LogP contribution in [0.2, 0.25) is 0 Å². The zero-order chi connectivity index (χ0) is 10.5. The first-order valence-corrected chi connectivity index (χ1v) is 3.31. The van der Waals surface area contributed by atoms with Gasteiger partial charge in [-0.25, -0.2) is 4.79 Å². The monoisotopic (exact) mass is 196 g/mol. The second-order valence-electron chi connectivity index (χ2n) is 2.23. The van der Waals surface area contributed by atoms with Crippen molar-refractivity contribution in [1.29, 1.82) is 5.26 Å². The standard InChI is InChI=1S/C4H6N2.C2HF3O2/c5-3-4-1-2-6-4;3-2(4,5)1(6)7/h4,6H,1-2H2;(H,6,7)/t4-;/m0./s1. The van der Waals surface area contributed by atoms with E-state index < -0.39 is 12.1 Å². The number of aliphatic carboxylic acids is 1. The van der Waals surface area contributed by atoms with Gasteiger partial charge in [-0.2, -0.15) is 18.4 Å². The van der Waals surface area contributed by atoms with Gasteiger partial charge in [0.2, 0.25) is 0 Å². The van der Waals surface area contributed by atoms with Crippen molar-refractivity contribution in [2.45, 2.75) is 18.6 Å². The Morgan fingerprint density at radius 2 is 2.00 bits per heavy atom. The van der Waals surface area contributed by atoms with Crippen LogP contribution < -0.4 is 5.32 Å². The molecule has 1 aliphatic heterocycles. The fraction of sp³-hybridized carbons (Fsp3) is 0.667. The molecule has 2 N–H and O–H groups in total. The summed E-state index contributed by atoms with van der Waals surface area (Å²) in [6, 6.07) is 2.26. The Balaban J connectivity index is 0.000000223. The van der Waals surface area contributed by atoms with Crippen LogP contribution in [0.4, 0.5) is 13.2 Å². The van der Waals surface area contributed by atoms with Gasteiger partial charge in [0.15, 0.2) is 0 Å². The molecule has 0 unspecified atom stereocenters. The Morgan fingerprint density at radius 3 is 2.00 bits per heavy atom. The van der Waals surface area contributed by atoms with Gasteiger partial charge in [-0.3, -0.25) is 0 Å². The number of nitrogens with zero attached hydrogens (tertiary/aromatic N) is 1. The normalized spacial score (nSPS) is 20.3. The lowest BCUT2D eigenvalue weighted by Crippen LogP contribution is -2.41. The van der Waals surface area contributed by atoms with E-state index in [9.17, 15) is 13.2 Å². The van der Waals surface area contributed by atoms with Crippen molar-refractivity contribution in [3.8, 4) is 6.07 Å². The van der Waals surface area contributed by atoms with Gasteiger partial charge in [0, 0.05) is 0 Å². The van der Waals surface area contributed by atoms with Crippen molar-refractivity contribution in [2.24, 2.45) is 0 Å². The third-order valence-electron chi connectivity index (χ3n) is 1.22. The highest BCUT2D eigenvalue weighted by atomic mass is 19.4. The average molecular weight is 196 g/mol. The molecule has 0 spiro atoms. The van der Waals surface area contributed by atoms with Crippen LogP contribution in [0, 0.1) is 11.3 Å². The molecule has 1 aliphatic rings. The van der Waals surface area contributed by atoms with Crippen LogP contribution in [0.25, 0.3) is 0 Å². The number of hydrogen-bond donors (Lipinski definition) is 2. The third kappa shape index (κ3) is 5.03. The van der Waals surface area contributed by atoms with Crippen LogP contribution in [0.3, 0.4) is 0 Å². The predicted octanol–water partition coefficient (Wildman–Crippen LogP) is 0.505. The van der Waals surface area contributed by atoms with Crippen molar-refractivity contribution >= 4 is 5.97 Å². The number of carboxylic acid groups (broad SMARTS) is 1. The van der Waals surface area contributed by atoms with Gasteiger partial charge in [0.1, 0.15) is 0 Å². The van der Waals surface area contributed by atoms with Crippen molar-refractivity contribution < 1.29 is 23.1 Å². The lowest BCUT2D eigenvalue weighted by atomic mass is 10.1. The van der Waals surface area contributed by atoms with Gasteiger partial charge in [0.05, 0.1) is 12.1 Å². The fourth-order valence-corrected chi connectivity index (χ4v) is 0.399. The Bertz CT molecular complexity index is 217. The first-order chi connectivity index (χ1) is 5.88. The van der Waals surface area contributed by atoms with Gasteiger partial charge in [-0.05, 0) is 13.0 Å². The van der Waals surface area contributed by atoms with E-state index in [2.05, 4.69) is 11.4 Å². The molecule has 1 fully saturated rings. The summed E-state index contributed by atoms with van der Waals surface area (Å²) >= 11 is 0. The zero-order valence-electron chi connectivity index (χ0n) is 6.43. The molecular formula is C6H7F3N2O2. The van der Waals surface area contributed by atoms with E-state index in [1.54, 1.807) is 0 Å². The largest absolute Gasteiger partial charge is 0.490 e. The molecule has 1 rings (SSSR count). The van der Waals surface area contributed by atoms with Crippen molar-refractivity contribution in [3.05, 3.63) is 0 Å². The summed E-state index contributed by atoms with van der Waals surface area (Å²) in [6.45, 7) is 1.03. The van der Waals surface area contributed by atoms with Crippen molar-refractivity contribution in [2.75, 3.05) is 6.54 Å². The fourth-order valence-electron chi connectivity index (χ4n) is 0.399. The molecule has 13 heavy (non-hydrogen) atoms. The molecule has 1 heterocycles. The molecule has 0 aromatic heterocycles. The van der Waals surface area contributed by atoms with Crippen molar-refractivity contribution in [3.63, 3.8) is 0 Å². The van der Waals surface area contributed by atoms with E-state index in [4.69, 9.17) is 15.2 Å². The van der Waals surface area contributed by atoms with Crippen LogP contribution in [0.5, 0.6) is 0 Å². The van der Waals surface area contributed by atoms with Gasteiger partial charge >= 0.3 is 12.1 Å². The molecule has 0 aromatic carbocycles. The lowest BCUT2D eigenvalue weighted by molar-refractivity contribution is -0.192. The Hall–Kier alpha value is -1.29. The molecule has 0 bridgehead atoms. The molecular weight excluding hydrogens is 189 g/mol. The van der Waals surface area contributed by atoms with Gasteiger partial charge in [0.25, 0.3) is 0 Å². The second-order valence-corrected chi connectivity index (χ2v) is 2.23. The Morgan fingerprint density at radius 1 is 1.62 bits per heavy atom. The molecule has 7 heteroatoms. The highest BCUT2D eigenvalue weighted by Gasteiger charge is 2.38. The number of carboxylic acids is 1. The number of hydrogen-bond acceptors (Lipinski definition) is 3. The number of halogens is 3. The molecule has 1 atom stereocenters. The van der Waals surface area contributed by atoms with E-state index >= 15 is 0 Å². The van der Waals surface area contributed by atoms with Crippen LogP contribution in [-0.2, 0) is 4.79 Å². The summed E-state index contributed by atoms with van der Waals surface area (Å²) in [5.74, 6) is -2.76. The van der Waals surface area contributed by atoms with Crippen LogP contribution in [0.15, 0.2) is 0 Å². The SMILES string of the molecule is N#C[C@@H]1CCN1.O=C(O)C(F)(F)F. The summed E-state index contributed by atoms with van der Waals surface area (Å²) in [6.07, 6.45) is -4.05. The number of nitriles is 1. The lowest BCUT2D eigenvalue weighted by Gasteiger charge is -2.19. The maximum absolute atomic E-state index is 10.6. The van der Waals surface area contributed by atoms with E-state index in [0.717, 1.165) is 13.0 Å². The summed E-state index contributed by atoms with van der Waals surface area (Å²) < 4.78 is 31.7. The summed E-state index contributed by atoms with van der Waals surface area (Å²) in [7, 11) is 0. The summed E-state index contributed by atoms with van der Waals surface area (Å²) in [5, 5.41) is 18.1. The maximum atomic E-state index is 10.6. The smallest absolute Gasteiger partial charge is 0.475 e. The molecule has 1 saturated heterocycles. The van der Waals surface area contributed by atoms with E-state index in [-0.39, 0.29) is 6.04 Å². The number of rotatable bonds is 0. The minimum atomic E-state index is -5.08. The highest BCUT2D eigenvalue weighted by molar-refractivity contribution is 5.73. The molecule has 0 saturated carbocycles. The minimum Gasteiger partial charge on any atom is -0.475 e. The van der Waals surface area contributed by atoms with E-state index in [1.807, 2.05) is 0 Å². The molecule has 0 radical (unpaired) electrons. The minimum absolute atomic E-state index is 0.171. The average Bonchev–Trinajstić information content (AvgIpc) is 1.83. The van der Waals surface area contributed by atoms with Gasteiger partial charge in [-0.15, -0.1) is 0 Å². The number of alkyl halides is 3. The Labute approximate surface area is 72.0 Å². The highest BCUT2D eigenvalue weighted by Crippen LogP contribution is 2.13. The zero-order valence-corrected chi connectivity index (χ0v) is 6.43. The molecule has 74 valence electrons. The maximum Gasteiger partial charge on any atom is 0.490 e. The van der Waals surface area contributed by atoms with Crippen molar-refractivity contribution in [1.82, 2.24) is 5.32 Å². The molecule has 0 amide bonds. The third-order valence-corrected chi connectivity index (χ3v) is 1.22. The first kappa shape index (κ1) is 11.7. The summed E-state index contributed by atoms with van der Waals surface area (Å²) in [5.41, 5.74) is 0. The Kier molecular flexibility index (Phi) is 4.20. The van der Waals surface area contributed by atoms with Crippen LogP contribution >= 0.6 is 0 Å². The quantitative estimate of drug-likeness (QED) is 0.591. The number of nitrogens with one attached hydrogen (secondary N) is 1. The number of carbonyl (C=O) groups is 1. The first-order valence-electron chi connectivity index (χ1n) is 3.31. The van der Waals surface area contributed by atoms with Gasteiger partial charge < -0.3 is 10.4 Å². The molecule has 4 nitrogen and oxygen atoms in total. The second kappa shape index (κ2) is 4.67. The van der Waals surface area contributed by atoms with E-state index in [1.165, 1.54) is 0 Å².